The number of nitrogens with zero attached hydrogens (tertiary/aromatic N) is 2. The van der Waals surface area contributed by atoms with Gasteiger partial charge in [0, 0.05) is 18.0 Å². The molecule has 0 unspecified atom stereocenters. The number of rotatable bonds is 7. The lowest BCUT2D eigenvalue weighted by Crippen LogP contribution is -2.26. The van der Waals surface area contributed by atoms with Crippen LogP contribution in [0.5, 0.6) is 0 Å². The van der Waals surface area contributed by atoms with Crippen molar-refractivity contribution in [2.24, 2.45) is 0 Å². The molecule has 0 fully saturated rings. The van der Waals surface area contributed by atoms with E-state index < -0.39 is 0 Å². The summed E-state index contributed by atoms with van der Waals surface area (Å²) in [4.78, 5) is 11.4. The van der Waals surface area contributed by atoms with Crippen LogP contribution in [0.2, 0.25) is 0 Å². The molecule has 1 aromatic heterocycles. The topological polar surface area (TPSA) is 52.1 Å². The largest absolute Gasteiger partial charge is 0.395 e. The number of aliphatic hydroxyl groups excluding tert-OH is 1. The Morgan fingerprint density at radius 3 is 2.57 bits per heavy atom. The van der Waals surface area contributed by atoms with Crippen LogP contribution in [0.4, 0.5) is 0 Å². The number of thioether (sulfide) groups is 1. The van der Waals surface area contributed by atoms with E-state index in [-0.39, 0.29) is 6.61 Å². The molecule has 0 aliphatic heterocycles. The van der Waals surface area contributed by atoms with Gasteiger partial charge >= 0.3 is 0 Å². The Morgan fingerprint density at radius 2 is 1.87 bits per heavy atom. The average Bonchev–Trinajstić information content (AvgIpc) is 2.98. The van der Waals surface area contributed by atoms with Crippen LogP contribution in [-0.4, -0.2) is 39.4 Å². The molecule has 0 aliphatic carbocycles. The minimum absolute atomic E-state index is 0.142. The van der Waals surface area contributed by atoms with E-state index >= 15 is 0 Å². The molecule has 1 heterocycles. The van der Waals surface area contributed by atoms with E-state index in [1.165, 1.54) is 10.5 Å². The van der Waals surface area contributed by atoms with Gasteiger partial charge in [0.15, 0.2) is 0 Å². The van der Waals surface area contributed by atoms with Gasteiger partial charge < -0.3 is 10.1 Å². The quantitative estimate of drug-likeness (QED) is 0.654. The van der Waals surface area contributed by atoms with Crippen LogP contribution >= 0.6 is 11.8 Å². The molecule has 4 nitrogen and oxygen atoms in total. The molecule has 0 saturated carbocycles. The van der Waals surface area contributed by atoms with Crippen molar-refractivity contribution in [2.45, 2.75) is 18.0 Å². The first-order valence-corrected chi connectivity index (χ1v) is 8.91. The van der Waals surface area contributed by atoms with Gasteiger partial charge in [-0.15, -0.1) is 11.8 Å². The number of imidazole rings is 1. The first-order chi connectivity index (χ1) is 11.3. The fraction of sp³-hybridized carbons (Fsp3) is 0.278. The van der Waals surface area contributed by atoms with Gasteiger partial charge in [-0.2, -0.15) is 0 Å². The fourth-order valence-corrected chi connectivity index (χ4v) is 3.05. The van der Waals surface area contributed by atoms with Crippen LogP contribution in [0, 0.1) is 0 Å². The summed E-state index contributed by atoms with van der Waals surface area (Å²) in [5.74, 6) is 0.931. The normalized spacial score (nSPS) is 11.4. The average molecular weight is 327 g/mol. The number of aliphatic hydroxyl groups is 1. The fourth-order valence-electron chi connectivity index (χ4n) is 2.64. The molecular weight excluding hydrogens is 306 g/mol. The molecule has 0 spiro atoms. The summed E-state index contributed by atoms with van der Waals surface area (Å²) in [7, 11) is 0. The Morgan fingerprint density at radius 1 is 1.09 bits per heavy atom. The lowest BCUT2D eigenvalue weighted by atomic mass is 10.2. The smallest absolute Gasteiger partial charge is 0.121 e. The number of aromatic amines is 1. The van der Waals surface area contributed by atoms with Crippen molar-refractivity contribution in [2.75, 3.05) is 19.4 Å². The molecular formula is C18H21N3OS. The van der Waals surface area contributed by atoms with Crippen molar-refractivity contribution in [1.82, 2.24) is 14.9 Å². The summed E-state index contributed by atoms with van der Waals surface area (Å²) in [6.07, 6.45) is 2.08. The highest BCUT2D eigenvalue weighted by molar-refractivity contribution is 7.98. The van der Waals surface area contributed by atoms with Crippen molar-refractivity contribution in [1.29, 1.82) is 0 Å². The van der Waals surface area contributed by atoms with Crippen LogP contribution in [-0.2, 0) is 13.1 Å². The zero-order valence-corrected chi connectivity index (χ0v) is 14.0. The predicted octanol–water partition coefficient (Wildman–Crippen LogP) is 3.28. The molecule has 23 heavy (non-hydrogen) atoms. The summed E-state index contributed by atoms with van der Waals surface area (Å²) in [6.45, 7) is 2.26. The predicted molar refractivity (Wildman–Crippen MR) is 95.5 cm³/mol. The number of H-pyrrole nitrogens is 1. The van der Waals surface area contributed by atoms with E-state index in [2.05, 4.69) is 45.4 Å². The molecule has 5 heteroatoms. The molecule has 0 radical (unpaired) electrons. The minimum atomic E-state index is 0.142. The molecule has 0 atom stereocenters. The van der Waals surface area contributed by atoms with E-state index in [0.717, 1.165) is 23.4 Å². The van der Waals surface area contributed by atoms with Gasteiger partial charge in [-0.3, -0.25) is 4.90 Å². The van der Waals surface area contributed by atoms with Crippen LogP contribution in [0.15, 0.2) is 53.4 Å². The van der Waals surface area contributed by atoms with E-state index in [1.807, 2.05) is 24.3 Å². The third-order valence-electron chi connectivity index (χ3n) is 3.79. The summed E-state index contributed by atoms with van der Waals surface area (Å²) in [5.41, 5.74) is 3.28. The zero-order chi connectivity index (χ0) is 16.1. The van der Waals surface area contributed by atoms with Gasteiger partial charge in [0.1, 0.15) is 5.82 Å². The van der Waals surface area contributed by atoms with E-state index in [9.17, 15) is 5.11 Å². The van der Waals surface area contributed by atoms with Crippen LogP contribution in [0.3, 0.4) is 0 Å². The standard InChI is InChI=1S/C18H21N3OS/c1-23-15-8-6-14(7-9-15)12-21(10-11-22)13-18-19-16-4-2-3-5-17(16)20-18/h2-9,22H,10-13H2,1H3,(H,19,20). The summed E-state index contributed by atoms with van der Waals surface area (Å²) >= 11 is 1.74. The Bertz CT molecular complexity index is 721. The monoisotopic (exact) mass is 327 g/mol. The van der Waals surface area contributed by atoms with Gasteiger partial charge in [0.2, 0.25) is 0 Å². The van der Waals surface area contributed by atoms with Gasteiger partial charge in [0.25, 0.3) is 0 Å². The maximum Gasteiger partial charge on any atom is 0.121 e. The van der Waals surface area contributed by atoms with Gasteiger partial charge in [0.05, 0.1) is 24.2 Å². The molecule has 2 N–H and O–H groups in total. The SMILES string of the molecule is CSc1ccc(CN(CCO)Cc2nc3ccccc3[nH]2)cc1. The van der Waals surface area contributed by atoms with Crippen molar-refractivity contribution in [3.63, 3.8) is 0 Å². The van der Waals surface area contributed by atoms with Crippen LogP contribution in [0.1, 0.15) is 11.4 Å². The number of hydrogen-bond acceptors (Lipinski definition) is 4. The first-order valence-electron chi connectivity index (χ1n) is 7.68. The zero-order valence-electron chi connectivity index (χ0n) is 13.2. The van der Waals surface area contributed by atoms with E-state index in [4.69, 9.17) is 0 Å². The van der Waals surface area contributed by atoms with E-state index in [0.29, 0.717) is 13.1 Å². The van der Waals surface area contributed by atoms with E-state index in [1.54, 1.807) is 11.8 Å². The minimum Gasteiger partial charge on any atom is -0.395 e. The lowest BCUT2D eigenvalue weighted by molar-refractivity contribution is 0.181. The molecule has 3 rings (SSSR count). The van der Waals surface area contributed by atoms with Crippen molar-refractivity contribution in [3.05, 3.63) is 59.9 Å². The molecule has 0 amide bonds. The third-order valence-corrected chi connectivity index (χ3v) is 4.54. The summed E-state index contributed by atoms with van der Waals surface area (Å²) in [5, 5.41) is 9.34. The number of fused-ring (bicyclic) bond motifs is 1. The summed E-state index contributed by atoms with van der Waals surface area (Å²) < 4.78 is 0. The highest BCUT2D eigenvalue weighted by atomic mass is 32.2. The van der Waals surface area contributed by atoms with Crippen LogP contribution in [0.25, 0.3) is 11.0 Å². The Labute approximate surface area is 140 Å². The number of para-hydroxylation sites is 2. The number of hydrogen-bond donors (Lipinski definition) is 2. The van der Waals surface area contributed by atoms with Crippen molar-refractivity contribution < 1.29 is 5.11 Å². The van der Waals surface area contributed by atoms with Gasteiger partial charge in [-0.1, -0.05) is 24.3 Å². The molecule has 0 saturated heterocycles. The Balaban J connectivity index is 1.72. The molecule has 0 bridgehead atoms. The molecule has 0 aliphatic rings. The maximum absolute atomic E-state index is 9.34. The maximum atomic E-state index is 9.34. The van der Waals surface area contributed by atoms with Gasteiger partial charge in [-0.05, 0) is 36.1 Å². The highest BCUT2D eigenvalue weighted by Gasteiger charge is 2.10. The second kappa shape index (κ2) is 7.64. The lowest BCUT2D eigenvalue weighted by Gasteiger charge is -2.20. The summed E-state index contributed by atoms with van der Waals surface area (Å²) in [6, 6.07) is 16.6. The number of aromatic nitrogens is 2. The van der Waals surface area contributed by atoms with Crippen molar-refractivity contribution in [3.8, 4) is 0 Å². The van der Waals surface area contributed by atoms with Crippen molar-refractivity contribution >= 4 is 22.8 Å². The number of benzene rings is 2. The third kappa shape index (κ3) is 4.13. The Hall–Kier alpha value is -1.82. The van der Waals surface area contributed by atoms with Gasteiger partial charge in [-0.25, -0.2) is 4.98 Å². The number of nitrogens with one attached hydrogen (secondary N) is 1. The second-order valence-electron chi connectivity index (χ2n) is 5.48. The first kappa shape index (κ1) is 16.1. The Kier molecular flexibility index (Phi) is 5.33. The molecule has 3 aromatic rings. The van der Waals surface area contributed by atoms with Crippen LogP contribution < -0.4 is 0 Å². The molecule has 2 aromatic carbocycles. The second-order valence-corrected chi connectivity index (χ2v) is 6.36. The highest BCUT2D eigenvalue weighted by Crippen LogP contribution is 2.17. The molecule has 120 valence electrons.